The van der Waals surface area contributed by atoms with Crippen molar-refractivity contribution in [3.05, 3.63) is 22.4 Å². The Morgan fingerprint density at radius 1 is 1.36 bits per heavy atom. The summed E-state index contributed by atoms with van der Waals surface area (Å²) in [6, 6.07) is 2.29. The van der Waals surface area contributed by atoms with E-state index in [0.717, 1.165) is 6.07 Å². The molecule has 3 heteroatoms. The SMILES string of the molecule is [2H]C([2H])([2H])C(c1ccc(Br)nn1)(C([2H])([2H])[2H])C([2H])([2H])[2H]. The van der Waals surface area contributed by atoms with Gasteiger partial charge in [0.25, 0.3) is 0 Å². The van der Waals surface area contributed by atoms with Crippen molar-refractivity contribution in [3.8, 4) is 0 Å². The summed E-state index contributed by atoms with van der Waals surface area (Å²) in [5, 5.41) is 6.98. The number of halogens is 1. The maximum Gasteiger partial charge on any atom is 0.128 e. The molecule has 0 aromatic carbocycles. The quantitative estimate of drug-likeness (QED) is 0.676. The topological polar surface area (TPSA) is 25.8 Å². The highest BCUT2D eigenvalue weighted by atomic mass is 79.9. The summed E-state index contributed by atoms with van der Waals surface area (Å²) < 4.78 is 67.5. The molecule has 0 bridgehead atoms. The first-order valence-electron chi connectivity index (χ1n) is 7.25. The van der Waals surface area contributed by atoms with Gasteiger partial charge in [-0.2, -0.15) is 5.10 Å². The Kier molecular flexibility index (Phi) is 0.663. The van der Waals surface area contributed by atoms with E-state index in [1.165, 1.54) is 6.07 Å². The fourth-order valence-corrected chi connectivity index (χ4v) is 0.727. The Morgan fingerprint density at radius 3 is 2.55 bits per heavy atom. The lowest BCUT2D eigenvalue weighted by atomic mass is 9.92. The molecule has 0 N–H and O–H groups in total. The van der Waals surface area contributed by atoms with E-state index in [1.54, 1.807) is 0 Å². The van der Waals surface area contributed by atoms with Crippen molar-refractivity contribution in [1.82, 2.24) is 10.2 Å². The van der Waals surface area contributed by atoms with Crippen molar-refractivity contribution in [1.29, 1.82) is 0 Å². The van der Waals surface area contributed by atoms with Crippen LogP contribution in [-0.4, -0.2) is 10.2 Å². The second-order valence-electron chi connectivity index (χ2n) is 1.99. The molecular formula is C8H11BrN2. The zero-order valence-electron chi connectivity index (χ0n) is 14.4. The predicted molar refractivity (Wildman–Crippen MR) is 48.4 cm³/mol. The van der Waals surface area contributed by atoms with Crippen LogP contribution in [0.5, 0.6) is 0 Å². The van der Waals surface area contributed by atoms with Crippen LogP contribution in [-0.2, 0) is 5.41 Å². The van der Waals surface area contributed by atoms with Crippen LogP contribution in [0, 0.1) is 0 Å². The summed E-state index contributed by atoms with van der Waals surface area (Å²) in [7, 11) is 0. The van der Waals surface area contributed by atoms with E-state index in [1.807, 2.05) is 0 Å². The summed E-state index contributed by atoms with van der Waals surface area (Å²) in [5.41, 5.74) is -3.71. The Morgan fingerprint density at radius 2 is 2.09 bits per heavy atom. The lowest BCUT2D eigenvalue weighted by molar-refractivity contribution is 0.557. The van der Waals surface area contributed by atoms with Gasteiger partial charge in [-0.25, -0.2) is 0 Å². The fourth-order valence-electron chi connectivity index (χ4n) is 0.516. The molecule has 60 valence electrons. The van der Waals surface area contributed by atoms with Gasteiger partial charge in [-0.05, 0) is 28.1 Å². The minimum absolute atomic E-state index is 0.233. The molecule has 0 spiro atoms. The first kappa shape index (κ1) is 2.52. The lowest BCUT2D eigenvalue weighted by Crippen LogP contribution is -2.13. The van der Waals surface area contributed by atoms with Crippen LogP contribution in [0.25, 0.3) is 0 Å². The zero-order valence-corrected chi connectivity index (χ0v) is 7.01. The molecule has 0 aliphatic rings. The number of aromatic nitrogens is 2. The van der Waals surface area contributed by atoms with E-state index in [9.17, 15) is 0 Å². The van der Waals surface area contributed by atoms with Gasteiger partial charge in [-0.15, -0.1) is 5.10 Å². The second kappa shape index (κ2) is 2.89. The second-order valence-corrected chi connectivity index (χ2v) is 2.80. The van der Waals surface area contributed by atoms with Crippen molar-refractivity contribution in [2.45, 2.75) is 26.0 Å². The number of hydrogen-bond donors (Lipinski definition) is 0. The van der Waals surface area contributed by atoms with E-state index in [0.29, 0.717) is 0 Å². The van der Waals surface area contributed by atoms with Crippen LogP contribution in [0.15, 0.2) is 16.7 Å². The van der Waals surface area contributed by atoms with Gasteiger partial charge in [0.15, 0.2) is 0 Å². The normalized spacial score (nSPS) is 27.2. The first-order chi connectivity index (χ1) is 8.75. The molecule has 0 atom stereocenters. The van der Waals surface area contributed by atoms with Gasteiger partial charge < -0.3 is 0 Å². The molecule has 1 aromatic heterocycles. The van der Waals surface area contributed by atoms with Crippen LogP contribution < -0.4 is 0 Å². The molecule has 0 amide bonds. The van der Waals surface area contributed by atoms with E-state index in [-0.39, 0.29) is 4.60 Å². The van der Waals surface area contributed by atoms with E-state index in [4.69, 9.17) is 12.3 Å². The molecule has 0 unspecified atom stereocenters. The van der Waals surface area contributed by atoms with Crippen molar-refractivity contribution in [2.24, 2.45) is 0 Å². The summed E-state index contributed by atoms with van der Waals surface area (Å²) in [5.74, 6) is 0. The van der Waals surface area contributed by atoms with Gasteiger partial charge in [-0.3, -0.25) is 0 Å². The first-order valence-corrected chi connectivity index (χ1v) is 3.54. The summed E-state index contributed by atoms with van der Waals surface area (Å²) >= 11 is 2.97. The van der Waals surface area contributed by atoms with Gasteiger partial charge in [-0.1, -0.05) is 20.6 Å². The summed E-state index contributed by atoms with van der Waals surface area (Å²) in [6.07, 6.45) is 0. The Bertz CT molecular complexity index is 437. The molecule has 0 fully saturated rings. The van der Waals surface area contributed by atoms with Crippen LogP contribution in [0.3, 0.4) is 0 Å². The third kappa shape index (κ3) is 2.26. The molecule has 0 saturated carbocycles. The van der Waals surface area contributed by atoms with Crippen LogP contribution in [0.1, 0.15) is 38.6 Å². The van der Waals surface area contributed by atoms with Crippen molar-refractivity contribution >= 4 is 15.9 Å². The highest BCUT2D eigenvalue weighted by Crippen LogP contribution is 2.19. The monoisotopic (exact) mass is 223 g/mol. The Balaban J connectivity index is 3.77. The number of nitrogens with zero attached hydrogens (tertiary/aromatic N) is 2. The molecule has 11 heavy (non-hydrogen) atoms. The predicted octanol–water partition coefficient (Wildman–Crippen LogP) is 2.54. The lowest BCUT2D eigenvalue weighted by Gasteiger charge is -2.15. The third-order valence-electron chi connectivity index (χ3n) is 1.02. The van der Waals surface area contributed by atoms with E-state index in [2.05, 4.69) is 26.1 Å². The molecule has 0 radical (unpaired) electrons. The maximum atomic E-state index is 7.47. The maximum absolute atomic E-state index is 7.47. The fraction of sp³-hybridized carbons (Fsp3) is 0.500. The summed E-state index contributed by atoms with van der Waals surface area (Å²) in [6.45, 7) is -9.94. The Hall–Kier alpha value is -0.440. The molecule has 0 aliphatic heterocycles. The average molecular weight is 224 g/mol. The highest BCUT2D eigenvalue weighted by Gasteiger charge is 2.14. The van der Waals surface area contributed by atoms with Gasteiger partial charge in [0.1, 0.15) is 4.60 Å². The number of hydrogen-bond acceptors (Lipinski definition) is 2. The van der Waals surface area contributed by atoms with Gasteiger partial charge in [0.05, 0.1) is 5.69 Å². The van der Waals surface area contributed by atoms with Crippen molar-refractivity contribution < 1.29 is 12.3 Å². The van der Waals surface area contributed by atoms with Crippen molar-refractivity contribution in [3.63, 3.8) is 0 Å². The van der Waals surface area contributed by atoms with Crippen LogP contribution in [0.2, 0.25) is 0 Å². The molecule has 1 aromatic rings. The van der Waals surface area contributed by atoms with E-state index < -0.39 is 31.7 Å². The minimum atomic E-state index is -3.31. The van der Waals surface area contributed by atoms with Crippen LogP contribution >= 0.6 is 15.9 Å². The highest BCUT2D eigenvalue weighted by molar-refractivity contribution is 9.10. The number of rotatable bonds is 0. The minimum Gasteiger partial charge on any atom is -0.154 e. The molecule has 1 rings (SSSR count). The Labute approximate surface area is 87.8 Å². The third-order valence-corrected chi connectivity index (χ3v) is 1.44. The largest absolute Gasteiger partial charge is 0.154 e. The zero-order chi connectivity index (χ0) is 16.0. The molecule has 2 nitrogen and oxygen atoms in total. The standard InChI is InChI=1S/C8H11BrN2/c1-8(2,3)6-4-5-7(9)11-10-6/h4-5H,1-3H3/i1D3,2D3,3D3. The van der Waals surface area contributed by atoms with Gasteiger partial charge in [0.2, 0.25) is 0 Å². The smallest absolute Gasteiger partial charge is 0.128 e. The summed E-state index contributed by atoms with van der Waals surface area (Å²) in [4.78, 5) is 0. The average Bonchev–Trinajstić information content (AvgIpc) is 2.14. The van der Waals surface area contributed by atoms with Crippen molar-refractivity contribution in [2.75, 3.05) is 0 Å². The molecule has 0 saturated heterocycles. The molecule has 1 heterocycles. The molecule has 0 aliphatic carbocycles. The van der Waals surface area contributed by atoms with Gasteiger partial charge in [0, 0.05) is 17.8 Å². The van der Waals surface area contributed by atoms with Gasteiger partial charge >= 0.3 is 0 Å². The van der Waals surface area contributed by atoms with Crippen LogP contribution in [0.4, 0.5) is 0 Å². The van der Waals surface area contributed by atoms with E-state index >= 15 is 0 Å². The molecular weight excluding hydrogens is 204 g/mol.